The van der Waals surface area contributed by atoms with Crippen LogP contribution in [0, 0.1) is 0 Å². The van der Waals surface area contributed by atoms with Crippen molar-refractivity contribution in [1.29, 1.82) is 0 Å². The number of halogens is 1. The van der Waals surface area contributed by atoms with Gasteiger partial charge in [-0.25, -0.2) is 0 Å². The van der Waals surface area contributed by atoms with Gasteiger partial charge in [0.25, 0.3) is 0 Å². The van der Waals surface area contributed by atoms with Gasteiger partial charge in [0, 0.05) is 41.4 Å². The molecule has 0 aliphatic carbocycles. The van der Waals surface area contributed by atoms with E-state index in [0.29, 0.717) is 0 Å². The summed E-state index contributed by atoms with van der Waals surface area (Å²) in [6, 6.07) is 43.7. The second-order valence-corrected chi connectivity index (χ2v) is 10.6. The quantitative estimate of drug-likeness (QED) is 0.205. The molecule has 0 saturated carbocycles. The Labute approximate surface area is 216 Å². The molecule has 7 aromatic rings. The fourth-order valence-corrected chi connectivity index (χ4v) is 6.90. The highest BCUT2D eigenvalue weighted by Crippen LogP contribution is 2.46. The van der Waals surface area contributed by atoms with Gasteiger partial charge in [-0.1, -0.05) is 84.9 Å². The van der Waals surface area contributed by atoms with Crippen molar-refractivity contribution >= 4 is 86.0 Å². The largest absolute Gasteiger partial charge is 0.310 e. The molecule has 1 aromatic heterocycles. The number of hydrogen-bond donors (Lipinski definition) is 0. The molecule has 0 amide bonds. The van der Waals surface area contributed by atoms with Gasteiger partial charge in [-0.3, -0.25) is 0 Å². The molecule has 0 aliphatic heterocycles. The Balaban J connectivity index is 1.58. The van der Waals surface area contributed by atoms with Crippen molar-refractivity contribution in [3.8, 4) is 0 Å². The lowest BCUT2D eigenvalue weighted by Gasteiger charge is -2.28. The highest BCUT2D eigenvalue weighted by atomic mass is 79.9. The number of anilines is 3. The lowest BCUT2D eigenvalue weighted by Crippen LogP contribution is -2.10. The van der Waals surface area contributed by atoms with Crippen LogP contribution in [0.25, 0.3) is 41.7 Å². The Hall–Kier alpha value is -3.66. The molecule has 35 heavy (non-hydrogen) atoms. The van der Waals surface area contributed by atoms with E-state index in [4.69, 9.17) is 0 Å². The first-order chi connectivity index (χ1) is 17.3. The maximum atomic E-state index is 3.91. The summed E-state index contributed by atoms with van der Waals surface area (Å²) in [5.74, 6) is 0. The average molecular weight is 530 g/mol. The van der Waals surface area contributed by atoms with Gasteiger partial charge < -0.3 is 4.90 Å². The zero-order valence-corrected chi connectivity index (χ0v) is 21.2. The Kier molecular flexibility index (Phi) is 4.86. The molecule has 1 heterocycles. The van der Waals surface area contributed by atoms with E-state index in [1.807, 2.05) is 11.3 Å². The monoisotopic (exact) mass is 529 g/mol. The van der Waals surface area contributed by atoms with Crippen LogP contribution >= 0.6 is 27.3 Å². The minimum atomic E-state index is 1.12. The summed E-state index contributed by atoms with van der Waals surface area (Å²) in [6.45, 7) is 0. The molecule has 0 aliphatic rings. The van der Waals surface area contributed by atoms with E-state index in [1.54, 1.807) is 0 Å². The summed E-state index contributed by atoms with van der Waals surface area (Å²) in [7, 11) is 0. The number of benzene rings is 6. The van der Waals surface area contributed by atoms with Crippen molar-refractivity contribution in [2.24, 2.45) is 0 Å². The Morgan fingerprint density at radius 3 is 2.00 bits per heavy atom. The zero-order chi connectivity index (χ0) is 23.4. The molecule has 0 fully saturated rings. The first-order valence-electron chi connectivity index (χ1n) is 11.6. The second kappa shape index (κ2) is 8.23. The fourth-order valence-electron chi connectivity index (χ4n) is 5.12. The number of nitrogens with zero attached hydrogens (tertiary/aromatic N) is 1. The van der Waals surface area contributed by atoms with E-state index >= 15 is 0 Å². The van der Waals surface area contributed by atoms with Gasteiger partial charge in [-0.05, 0) is 68.5 Å². The van der Waals surface area contributed by atoms with Crippen molar-refractivity contribution in [2.75, 3.05) is 4.90 Å². The number of hydrogen-bond acceptors (Lipinski definition) is 2. The van der Waals surface area contributed by atoms with Gasteiger partial charge in [-0.2, -0.15) is 0 Å². The van der Waals surface area contributed by atoms with Gasteiger partial charge >= 0.3 is 0 Å². The van der Waals surface area contributed by atoms with Crippen LogP contribution in [0.3, 0.4) is 0 Å². The molecule has 0 atom stereocenters. The summed E-state index contributed by atoms with van der Waals surface area (Å²) >= 11 is 5.75. The fraction of sp³-hybridized carbons (Fsp3) is 0. The molecule has 0 bridgehead atoms. The summed E-state index contributed by atoms with van der Waals surface area (Å²) < 4.78 is 3.71. The summed E-state index contributed by atoms with van der Waals surface area (Å²) in [5.41, 5.74) is 3.45. The van der Waals surface area contributed by atoms with Crippen LogP contribution in [-0.2, 0) is 0 Å². The van der Waals surface area contributed by atoms with Crippen molar-refractivity contribution in [1.82, 2.24) is 0 Å². The number of rotatable bonds is 3. The third kappa shape index (κ3) is 3.35. The van der Waals surface area contributed by atoms with E-state index in [0.717, 1.165) is 15.8 Å². The molecule has 3 heteroatoms. The molecule has 0 N–H and O–H groups in total. The standard InChI is InChI=1S/C32H20BrNS/c33-29-20-23(19-28-27-16-8-9-17-31(27)35-32(28)29)34(22-11-2-1-3-12-22)30-18-21-10-4-5-13-24(21)25-14-6-7-15-26(25)30/h1-20H. The van der Waals surface area contributed by atoms with E-state index in [9.17, 15) is 0 Å². The van der Waals surface area contributed by atoms with Crippen LogP contribution in [0.1, 0.15) is 0 Å². The molecular weight excluding hydrogens is 510 g/mol. The van der Waals surface area contributed by atoms with E-state index in [2.05, 4.69) is 142 Å². The van der Waals surface area contributed by atoms with E-state index in [-0.39, 0.29) is 0 Å². The zero-order valence-electron chi connectivity index (χ0n) is 18.8. The molecule has 7 rings (SSSR count). The predicted molar refractivity (Wildman–Crippen MR) is 157 cm³/mol. The van der Waals surface area contributed by atoms with Gasteiger partial charge in [0.05, 0.1) is 5.69 Å². The SMILES string of the molecule is Brc1cc(N(c2ccccc2)c2cc3ccccc3c3ccccc23)cc2c1sc1ccccc12. The number of thiophene rings is 1. The van der Waals surface area contributed by atoms with Crippen molar-refractivity contribution in [3.05, 3.63) is 126 Å². The van der Waals surface area contributed by atoms with Gasteiger partial charge in [0.2, 0.25) is 0 Å². The summed E-state index contributed by atoms with van der Waals surface area (Å²) in [6.07, 6.45) is 0. The minimum Gasteiger partial charge on any atom is -0.310 e. The van der Waals surface area contributed by atoms with E-state index in [1.165, 1.54) is 47.4 Å². The third-order valence-corrected chi connectivity index (χ3v) is 8.79. The first kappa shape index (κ1) is 20.7. The predicted octanol–water partition coefficient (Wildman–Crippen LogP) is 10.6. The Morgan fingerprint density at radius 1 is 0.514 bits per heavy atom. The average Bonchev–Trinajstić information content (AvgIpc) is 3.29. The third-order valence-electron chi connectivity index (χ3n) is 6.68. The van der Waals surface area contributed by atoms with Crippen LogP contribution in [0.2, 0.25) is 0 Å². The lowest BCUT2D eigenvalue weighted by molar-refractivity contribution is 1.31. The number of fused-ring (bicyclic) bond motifs is 6. The molecule has 166 valence electrons. The van der Waals surface area contributed by atoms with Gasteiger partial charge in [0.1, 0.15) is 0 Å². The maximum Gasteiger partial charge on any atom is 0.0546 e. The molecular formula is C32H20BrNS. The minimum absolute atomic E-state index is 1.12. The van der Waals surface area contributed by atoms with Gasteiger partial charge in [0.15, 0.2) is 0 Å². The molecule has 0 unspecified atom stereocenters. The normalized spacial score (nSPS) is 11.6. The molecule has 6 aromatic carbocycles. The van der Waals surface area contributed by atoms with Crippen molar-refractivity contribution in [2.45, 2.75) is 0 Å². The van der Waals surface area contributed by atoms with Crippen molar-refractivity contribution in [3.63, 3.8) is 0 Å². The van der Waals surface area contributed by atoms with Gasteiger partial charge in [-0.15, -0.1) is 11.3 Å². The smallest absolute Gasteiger partial charge is 0.0546 e. The maximum absolute atomic E-state index is 3.91. The highest BCUT2D eigenvalue weighted by molar-refractivity contribution is 9.10. The number of para-hydroxylation sites is 1. The Bertz CT molecular complexity index is 1870. The second-order valence-electron chi connectivity index (χ2n) is 8.74. The van der Waals surface area contributed by atoms with Crippen molar-refractivity contribution < 1.29 is 0 Å². The molecule has 1 nitrogen and oxygen atoms in total. The first-order valence-corrected chi connectivity index (χ1v) is 13.3. The van der Waals surface area contributed by atoms with E-state index < -0.39 is 0 Å². The van der Waals surface area contributed by atoms with Crippen LogP contribution in [0.4, 0.5) is 17.1 Å². The highest BCUT2D eigenvalue weighted by Gasteiger charge is 2.19. The van der Waals surface area contributed by atoms with Crippen LogP contribution in [-0.4, -0.2) is 0 Å². The van der Waals surface area contributed by atoms with Crippen LogP contribution in [0.5, 0.6) is 0 Å². The summed E-state index contributed by atoms with van der Waals surface area (Å²) in [5, 5.41) is 7.60. The lowest BCUT2D eigenvalue weighted by atomic mass is 9.99. The summed E-state index contributed by atoms with van der Waals surface area (Å²) in [4.78, 5) is 2.39. The molecule has 0 saturated heterocycles. The van der Waals surface area contributed by atoms with Crippen LogP contribution in [0.15, 0.2) is 126 Å². The molecule has 0 spiro atoms. The topological polar surface area (TPSA) is 3.24 Å². The molecule has 0 radical (unpaired) electrons. The van der Waals surface area contributed by atoms with Crippen LogP contribution < -0.4 is 4.90 Å². The Morgan fingerprint density at radius 2 is 1.17 bits per heavy atom.